The molecule has 2 aromatic heterocycles. The maximum absolute atomic E-state index is 13.4. The molecular weight excluding hydrogens is 492 g/mol. The molecular formula is C24H19F6N3O3. The maximum Gasteiger partial charge on any atom is 0.433 e. The molecule has 1 N–H and O–H groups in total. The van der Waals surface area contributed by atoms with Crippen LogP contribution in [0, 0.1) is 0 Å². The number of pyridine rings is 2. The van der Waals surface area contributed by atoms with Gasteiger partial charge in [0.15, 0.2) is 0 Å². The quantitative estimate of drug-likeness (QED) is 0.432. The van der Waals surface area contributed by atoms with E-state index in [2.05, 4.69) is 9.97 Å². The topological polar surface area (TPSA) is 83.4 Å². The van der Waals surface area contributed by atoms with Gasteiger partial charge in [0.05, 0.1) is 12.0 Å². The van der Waals surface area contributed by atoms with E-state index in [0.29, 0.717) is 16.7 Å². The Kier molecular flexibility index (Phi) is 7.65. The van der Waals surface area contributed by atoms with Crippen LogP contribution in [0.3, 0.4) is 0 Å². The van der Waals surface area contributed by atoms with Crippen LogP contribution in [0.25, 0.3) is 11.1 Å². The highest BCUT2D eigenvalue weighted by Crippen LogP contribution is 2.34. The van der Waals surface area contributed by atoms with Crippen molar-refractivity contribution in [3.8, 4) is 11.1 Å². The van der Waals surface area contributed by atoms with Crippen LogP contribution in [0.2, 0.25) is 0 Å². The molecule has 3 aromatic rings. The number of carbonyl (C=O) groups excluding carboxylic acids is 1. The molecule has 1 aromatic carbocycles. The zero-order chi connectivity index (χ0) is 26.7. The van der Waals surface area contributed by atoms with Crippen molar-refractivity contribution >= 4 is 11.9 Å². The van der Waals surface area contributed by atoms with Gasteiger partial charge in [0, 0.05) is 44.2 Å². The summed E-state index contributed by atoms with van der Waals surface area (Å²) in [5, 5.41) is 9.03. The van der Waals surface area contributed by atoms with Crippen LogP contribution >= 0.6 is 0 Å². The Morgan fingerprint density at radius 3 is 2.17 bits per heavy atom. The molecule has 6 nitrogen and oxygen atoms in total. The molecule has 0 fully saturated rings. The SMILES string of the molecule is CC(=O)N(Cc1ccc(C(F)(F)F)nc1)Cc1cc(C(F)(F)F)ccc1-c1cncc(CC(=O)O)c1. The van der Waals surface area contributed by atoms with Gasteiger partial charge in [-0.15, -0.1) is 0 Å². The van der Waals surface area contributed by atoms with Gasteiger partial charge in [0.1, 0.15) is 5.69 Å². The van der Waals surface area contributed by atoms with Crippen LogP contribution in [0.5, 0.6) is 0 Å². The molecule has 1 amide bonds. The lowest BCUT2D eigenvalue weighted by Crippen LogP contribution is -2.28. The van der Waals surface area contributed by atoms with E-state index in [-0.39, 0.29) is 30.6 Å². The van der Waals surface area contributed by atoms with E-state index in [0.717, 1.165) is 35.4 Å². The van der Waals surface area contributed by atoms with Crippen molar-refractivity contribution in [3.05, 3.63) is 82.9 Å². The number of aliphatic carboxylic acids is 1. The van der Waals surface area contributed by atoms with Crippen LogP contribution < -0.4 is 0 Å². The normalized spacial score (nSPS) is 11.9. The summed E-state index contributed by atoms with van der Waals surface area (Å²) in [4.78, 5) is 31.8. The number of hydrogen-bond donors (Lipinski definition) is 1. The zero-order valence-corrected chi connectivity index (χ0v) is 18.7. The number of hydrogen-bond acceptors (Lipinski definition) is 4. The number of halogens is 6. The van der Waals surface area contributed by atoms with Crippen molar-refractivity contribution in [1.82, 2.24) is 14.9 Å². The highest BCUT2D eigenvalue weighted by Gasteiger charge is 2.33. The number of carbonyl (C=O) groups is 2. The molecule has 2 heterocycles. The molecule has 0 atom stereocenters. The first kappa shape index (κ1) is 26.6. The summed E-state index contributed by atoms with van der Waals surface area (Å²) < 4.78 is 78.6. The fraction of sp³-hybridized carbons (Fsp3) is 0.250. The average Bonchev–Trinajstić information content (AvgIpc) is 2.77. The minimum atomic E-state index is -4.67. The molecule has 0 saturated heterocycles. The first-order valence-electron chi connectivity index (χ1n) is 10.4. The number of carboxylic acid groups (broad SMARTS) is 1. The summed E-state index contributed by atoms with van der Waals surface area (Å²) in [7, 11) is 0. The van der Waals surface area contributed by atoms with E-state index in [1.807, 2.05) is 0 Å². The van der Waals surface area contributed by atoms with Crippen molar-refractivity contribution < 1.29 is 41.0 Å². The van der Waals surface area contributed by atoms with Gasteiger partial charge < -0.3 is 10.0 Å². The molecule has 0 aliphatic carbocycles. The highest BCUT2D eigenvalue weighted by molar-refractivity contribution is 5.75. The lowest BCUT2D eigenvalue weighted by molar-refractivity contribution is -0.141. The monoisotopic (exact) mass is 511 g/mol. The van der Waals surface area contributed by atoms with Gasteiger partial charge in [0.2, 0.25) is 5.91 Å². The lowest BCUT2D eigenvalue weighted by atomic mass is 9.96. The molecule has 0 saturated carbocycles. The summed E-state index contributed by atoms with van der Waals surface area (Å²) in [6.45, 7) is 0.673. The molecule has 0 aliphatic rings. The van der Waals surface area contributed by atoms with E-state index < -0.39 is 35.5 Å². The molecule has 0 spiro atoms. The number of aromatic nitrogens is 2. The lowest BCUT2D eigenvalue weighted by Gasteiger charge is -2.24. The van der Waals surface area contributed by atoms with Crippen molar-refractivity contribution in [2.75, 3.05) is 0 Å². The Balaban J connectivity index is 1.99. The summed E-state index contributed by atoms with van der Waals surface area (Å²) in [6.07, 6.45) is -6.04. The maximum atomic E-state index is 13.4. The second kappa shape index (κ2) is 10.3. The number of rotatable bonds is 7. The molecule has 3 rings (SSSR count). The molecule has 0 bridgehead atoms. The third-order valence-corrected chi connectivity index (χ3v) is 5.19. The largest absolute Gasteiger partial charge is 0.481 e. The van der Waals surface area contributed by atoms with Crippen molar-refractivity contribution in [2.45, 2.75) is 38.8 Å². The molecule has 190 valence electrons. The van der Waals surface area contributed by atoms with Crippen LogP contribution in [-0.2, 0) is 41.5 Å². The highest BCUT2D eigenvalue weighted by atomic mass is 19.4. The van der Waals surface area contributed by atoms with E-state index in [1.165, 1.54) is 31.5 Å². The summed E-state index contributed by atoms with van der Waals surface area (Å²) in [5.41, 5.74) is -0.780. The molecule has 0 aliphatic heterocycles. The smallest absolute Gasteiger partial charge is 0.433 e. The van der Waals surface area contributed by atoms with Crippen LogP contribution in [-0.4, -0.2) is 31.9 Å². The summed E-state index contributed by atoms with van der Waals surface area (Å²) in [5.74, 6) is -1.65. The molecule has 0 radical (unpaired) electrons. The second-order valence-electron chi connectivity index (χ2n) is 7.95. The third kappa shape index (κ3) is 6.80. The molecule has 0 unspecified atom stereocenters. The number of carboxylic acids is 1. The van der Waals surface area contributed by atoms with E-state index in [1.54, 1.807) is 0 Å². The van der Waals surface area contributed by atoms with Crippen molar-refractivity contribution in [1.29, 1.82) is 0 Å². The molecule has 36 heavy (non-hydrogen) atoms. The van der Waals surface area contributed by atoms with E-state index in [9.17, 15) is 35.9 Å². The van der Waals surface area contributed by atoms with Crippen molar-refractivity contribution in [2.24, 2.45) is 0 Å². The van der Waals surface area contributed by atoms with Crippen LogP contribution in [0.4, 0.5) is 26.3 Å². The Morgan fingerprint density at radius 1 is 0.889 bits per heavy atom. The first-order chi connectivity index (χ1) is 16.7. The van der Waals surface area contributed by atoms with Crippen LogP contribution in [0.15, 0.2) is 55.0 Å². The summed E-state index contributed by atoms with van der Waals surface area (Å²) in [6, 6.07) is 6.31. The van der Waals surface area contributed by atoms with Gasteiger partial charge in [-0.1, -0.05) is 12.1 Å². The van der Waals surface area contributed by atoms with Gasteiger partial charge in [-0.3, -0.25) is 19.6 Å². The van der Waals surface area contributed by atoms with Crippen LogP contribution in [0.1, 0.15) is 34.9 Å². The Bertz CT molecular complexity index is 1260. The third-order valence-electron chi connectivity index (χ3n) is 5.19. The van der Waals surface area contributed by atoms with Gasteiger partial charge in [0.25, 0.3) is 0 Å². The number of alkyl halides is 6. The van der Waals surface area contributed by atoms with Gasteiger partial charge in [-0.2, -0.15) is 26.3 Å². The fourth-order valence-corrected chi connectivity index (χ4v) is 3.48. The Morgan fingerprint density at radius 2 is 1.61 bits per heavy atom. The van der Waals surface area contributed by atoms with Gasteiger partial charge >= 0.3 is 18.3 Å². The zero-order valence-electron chi connectivity index (χ0n) is 18.7. The predicted molar refractivity (Wildman–Crippen MR) is 115 cm³/mol. The Labute approximate surface area is 201 Å². The van der Waals surface area contributed by atoms with E-state index in [4.69, 9.17) is 5.11 Å². The fourth-order valence-electron chi connectivity index (χ4n) is 3.48. The number of nitrogens with zero attached hydrogens (tertiary/aromatic N) is 3. The van der Waals surface area contributed by atoms with E-state index >= 15 is 0 Å². The predicted octanol–water partition coefficient (Wildman–Crippen LogP) is 5.36. The second-order valence-corrected chi connectivity index (χ2v) is 7.95. The van der Waals surface area contributed by atoms with Gasteiger partial charge in [-0.05, 0) is 46.5 Å². The van der Waals surface area contributed by atoms with Crippen molar-refractivity contribution in [3.63, 3.8) is 0 Å². The van der Waals surface area contributed by atoms with Gasteiger partial charge in [-0.25, -0.2) is 0 Å². The number of amides is 1. The minimum Gasteiger partial charge on any atom is -0.481 e. The minimum absolute atomic E-state index is 0.0918. The standard InChI is InChI=1S/C24H19F6N3O3/c1-14(34)33(12-15-2-5-21(32-10-15)24(28,29)30)13-18-8-19(23(25,26)27)3-4-20(18)17-6-16(7-22(35)36)9-31-11-17/h2-6,8-11H,7,12-13H2,1H3,(H,35,36). The first-order valence-corrected chi connectivity index (χ1v) is 10.4. The molecule has 12 heteroatoms. The Hall–Kier alpha value is -3.96. The summed E-state index contributed by atoms with van der Waals surface area (Å²) >= 11 is 0. The average molecular weight is 511 g/mol. The number of benzene rings is 1.